The predicted octanol–water partition coefficient (Wildman–Crippen LogP) is 2.14. The highest BCUT2D eigenvalue weighted by molar-refractivity contribution is 6.35. The summed E-state index contributed by atoms with van der Waals surface area (Å²) in [5.41, 5.74) is 1.14. The second-order valence-corrected chi connectivity index (χ2v) is 8.38. The molecule has 3 N–H and O–H groups in total. The van der Waals surface area contributed by atoms with Crippen LogP contribution in [0.4, 0.5) is 0 Å². The van der Waals surface area contributed by atoms with Gasteiger partial charge in [0, 0.05) is 34.6 Å². The number of phenols is 1. The molecule has 2 fully saturated rings. The first-order valence-corrected chi connectivity index (χ1v) is 10.2. The number of nitrogens with one attached hydrogen (secondary N) is 2. The summed E-state index contributed by atoms with van der Waals surface area (Å²) in [7, 11) is 0. The first-order valence-electron chi connectivity index (χ1n) is 9.46. The molecule has 2 aromatic rings. The van der Waals surface area contributed by atoms with Gasteiger partial charge in [-0.3, -0.25) is 14.4 Å². The minimum Gasteiger partial charge on any atom is -0.508 e. The van der Waals surface area contributed by atoms with Gasteiger partial charge in [0.15, 0.2) is 0 Å². The highest BCUT2D eigenvalue weighted by Crippen LogP contribution is 2.25. The number of carbonyl (C=O) groups is 3. The van der Waals surface area contributed by atoms with E-state index in [1.54, 1.807) is 12.1 Å². The molecule has 4 rings (SSSR count). The van der Waals surface area contributed by atoms with Crippen LogP contribution in [0.2, 0.25) is 10.0 Å². The Bertz CT molecular complexity index is 992. The normalized spacial score (nSPS) is 23.1. The molecule has 0 saturated carbocycles. The summed E-state index contributed by atoms with van der Waals surface area (Å²) in [5, 5.41) is 15.7. The molecule has 2 aliphatic heterocycles. The highest BCUT2D eigenvalue weighted by Gasteiger charge is 2.46. The lowest BCUT2D eigenvalue weighted by atomic mass is 10.0. The van der Waals surface area contributed by atoms with Crippen LogP contribution < -0.4 is 10.6 Å². The number of fused-ring (bicyclic) bond motifs is 1. The smallest absolute Gasteiger partial charge is 0.251 e. The molecule has 2 aliphatic rings. The fraction of sp³-hybridized carbons (Fsp3) is 0.286. The van der Waals surface area contributed by atoms with E-state index >= 15 is 0 Å². The summed E-state index contributed by atoms with van der Waals surface area (Å²) in [4.78, 5) is 39.6. The summed E-state index contributed by atoms with van der Waals surface area (Å²) in [6.07, 6.45) is 0.662. The van der Waals surface area contributed by atoms with E-state index in [1.165, 1.54) is 35.2 Å². The van der Waals surface area contributed by atoms with Gasteiger partial charge in [-0.25, -0.2) is 0 Å². The number of phenolic OH excluding ortho intramolecular Hbond substituents is 1. The van der Waals surface area contributed by atoms with E-state index in [9.17, 15) is 19.5 Å². The van der Waals surface area contributed by atoms with Crippen LogP contribution in [0.25, 0.3) is 0 Å². The standard InChI is InChI=1S/C21H19Cl2N3O4/c22-13-6-12(7-14(23)8-13)19(28)24-15-9-18-20(29)25-17(21(30)26(18)10-15)5-11-1-3-16(27)4-2-11/h1-4,6-8,15,17-18,27H,5,9-10H2,(H,24,28)(H,25,29)/t15-,17-,18-/m0/s1. The minimum atomic E-state index is -0.681. The van der Waals surface area contributed by atoms with Crippen LogP contribution in [0.15, 0.2) is 42.5 Å². The molecule has 2 heterocycles. The van der Waals surface area contributed by atoms with E-state index in [-0.39, 0.29) is 36.1 Å². The van der Waals surface area contributed by atoms with Gasteiger partial charge in [0.1, 0.15) is 17.8 Å². The van der Waals surface area contributed by atoms with E-state index < -0.39 is 12.1 Å². The zero-order valence-electron chi connectivity index (χ0n) is 15.8. The van der Waals surface area contributed by atoms with Gasteiger partial charge in [0.25, 0.3) is 5.91 Å². The Labute approximate surface area is 183 Å². The zero-order chi connectivity index (χ0) is 21.4. The Hall–Kier alpha value is -2.77. The van der Waals surface area contributed by atoms with Crippen molar-refractivity contribution in [3.8, 4) is 5.75 Å². The van der Waals surface area contributed by atoms with Crippen LogP contribution in [0.5, 0.6) is 5.75 Å². The first kappa shape index (κ1) is 20.5. The average Bonchev–Trinajstić information content (AvgIpc) is 3.11. The molecule has 0 aliphatic carbocycles. The number of benzene rings is 2. The maximum absolute atomic E-state index is 12.9. The van der Waals surface area contributed by atoms with Gasteiger partial charge in [0.2, 0.25) is 11.8 Å². The van der Waals surface area contributed by atoms with Crippen molar-refractivity contribution in [3.05, 3.63) is 63.6 Å². The third-order valence-corrected chi connectivity index (χ3v) is 5.77. The number of halogens is 2. The van der Waals surface area contributed by atoms with Gasteiger partial charge in [0.05, 0.1) is 0 Å². The zero-order valence-corrected chi connectivity index (χ0v) is 17.3. The molecule has 156 valence electrons. The third-order valence-electron chi connectivity index (χ3n) is 5.34. The fourth-order valence-electron chi connectivity index (χ4n) is 3.92. The number of aromatic hydroxyl groups is 1. The van der Waals surface area contributed by atoms with Crippen molar-refractivity contribution in [1.29, 1.82) is 0 Å². The van der Waals surface area contributed by atoms with Crippen molar-refractivity contribution in [2.24, 2.45) is 0 Å². The molecule has 2 aromatic carbocycles. The van der Waals surface area contributed by atoms with Crippen LogP contribution in [-0.2, 0) is 16.0 Å². The number of hydrogen-bond acceptors (Lipinski definition) is 4. The average molecular weight is 448 g/mol. The van der Waals surface area contributed by atoms with E-state index in [0.717, 1.165) is 5.56 Å². The number of piperazine rings is 1. The van der Waals surface area contributed by atoms with Crippen molar-refractivity contribution >= 4 is 40.9 Å². The lowest BCUT2D eigenvalue weighted by Gasteiger charge is -2.34. The lowest BCUT2D eigenvalue weighted by Crippen LogP contribution is -2.61. The molecule has 30 heavy (non-hydrogen) atoms. The quantitative estimate of drug-likeness (QED) is 0.668. The maximum Gasteiger partial charge on any atom is 0.251 e. The van der Waals surface area contributed by atoms with E-state index in [1.807, 2.05) is 0 Å². The summed E-state index contributed by atoms with van der Waals surface area (Å²) in [5.74, 6) is -0.647. The van der Waals surface area contributed by atoms with Crippen LogP contribution in [0.1, 0.15) is 22.3 Å². The summed E-state index contributed by atoms with van der Waals surface area (Å²) >= 11 is 11.9. The van der Waals surface area contributed by atoms with Crippen LogP contribution in [0.3, 0.4) is 0 Å². The van der Waals surface area contributed by atoms with E-state index in [2.05, 4.69) is 10.6 Å². The molecule has 7 nitrogen and oxygen atoms in total. The SMILES string of the molecule is O=C(N[C@H]1C[C@H]2C(=O)N[C@@H](Cc3ccc(O)cc3)C(=O)N2C1)c1cc(Cl)cc(Cl)c1. The Morgan fingerprint density at radius 3 is 2.47 bits per heavy atom. The molecule has 3 amide bonds. The van der Waals surface area contributed by atoms with Gasteiger partial charge in [-0.2, -0.15) is 0 Å². The Kier molecular flexibility index (Phi) is 5.58. The topological polar surface area (TPSA) is 98.7 Å². The second kappa shape index (κ2) is 8.16. The molecule has 9 heteroatoms. The van der Waals surface area contributed by atoms with Gasteiger partial charge in [-0.05, 0) is 42.3 Å². The number of amides is 3. The number of rotatable bonds is 4. The van der Waals surface area contributed by atoms with Crippen LogP contribution >= 0.6 is 23.2 Å². The van der Waals surface area contributed by atoms with Crippen molar-refractivity contribution < 1.29 is 19.5 Å². The molecule has 3 atom stereocenters. The molecule has 0 spiro atoms. The van der Waals surface area contributed by atoms with Gasteiger partial charge >= 0.3 is 0 Å². The lowest BCUT2D eigenvalue weighted by molar-refractivity contribution is -0.147. The summed E-state index contributed by atoms with van der Waals surface area (Å²) in [6.45, 7) is 0.253. The van der Waals surface area contributed by atoms with E-state index in [4.69, 9.17) is 23.2 Å². The van der Waals surface area contributed by atoms with Crippen molar-refractivity contribution in [2.45, 2.75) is 31.0 Å². The molecule has 0 aromatic heterocycles. The molecule has 0 unspecified atom stereocenters. The molecular weight excluding hydrogens is 429 g/mol. The predicted molar refractivity (Wildman–Crippen MR) is 112 cm³/mol. The largest absolute Gasteiger partial charge is 0.508 e. The Balaban J connectivity index is 1.43. The van der Waals surface area contributed by atoms with Crippen LogP contribution in [-0.4, -0.2) is 52.4 Å². The van der Waals surface area contributed by atoms with Gasteiger partial charge in [-0.1, -0.05) is 35.3 Å². The molecule has 2 saturated heterocycles. The third kappa shape index (κ3) is 4.22. The fourth-order valence-corrected chi connectivity index (χ4v) is 4.45. The maximum atomic E-state index is 12.9. The molecular formula is C21H19Cl2N3O4. The monoisotopic (exact) mass is 447 g/mol. The number of hydrogen-bond donors (Lipinski definition) is 3. The van der Waals surface area contributed by atoms with Crippen LogP contribution in [0, 0.1) is 0 Å². The number of nitrogens with zero attached hydrogens (tertiary/aromatic N) is 1. The highest BCUT2D eigenvalue weighted by atomic mass is 35.5. The van der Waals surface area contributed by atoms with E-state index in [0.29, 0.717) is 28.5 Å². The summed E-state index contributed by atoms with van der Waals surface area (Å²) < 4.78 is 0. The van der Waals surface area contributed by atoms with Crippen molar-refractivity contribution in [3.63, 3.8) is 0 Å². The minimum absolute atomic E-state index is 0.136. The number of carbonyl (C=O) groups excluding carboxylic acids is 3. The first-order chi connectivity index (χ1) is 14.3. The van der Waals surface area contributed by atoms with Gasteiger partial charge in [-0.15, -0.1) is 0 Å². The Morgan fingerprint density at radius 2 is 1.80 bits per heavy atom. The summed E-state index contributed by atoms with van der Waals surface area (Å²) in [6, 6.07) is 9.41. The Morgan fingerprint density at radius 1 is 1.13 bits per heavy atom. The molecule has 0 bridgehead atoms. The molecule has 0 radical (unpaired) electrons. The van der Waals surface area contributed by atoms with Crippen molar-refractivity contribution in [1.82, 2.24) is 15.5 Å². The van der Waals surface area contributed by atoms with Crippen molar-refractivity contribution in [2.75, 3.05) is 6.54 Å². The van der Waals surface area contributed by atoms with Gasteiger partial charge < -0.3 is 20.6 Å². The second-order valence-electron chi connectivity index (χ2n) is 7.50.